The van der Waals surface area contributed by atoms with Crippen LogP contribution in [0.3, 0.4) is 0 Å². The molecule has 0 saturated carbocycles. The van der Waals surface area contributed by atoms with Crippen LogP contribution >= 0.6 is 0 Å². The molecule has 2 aromatic carbocycles. The average Bonchev–Trinajstić information content (AvgIpc) is 2.61. The van der Waals surface area contributed by atoms with Crippen molar-refractivity contribution in [3.8, 4) is 0 Å². The predicted octanol–water partition coefficient (Wildman–Crippen LogP) is 5.06. The Morgan fingerprint density at radius 3 is 2.33 bits per heavy atom. The quantitative estimate of drug-likeness (QED) is 0.712. The highest BCUT2D eigenvalue weighted by Crippen LogP contribution is 2.32. The Labute approximate surface area is 159 Å². The molecule has 1 heterocycles. The van der Waals surface area contributed by atoms with Crippen molar-refractivity contribution in [2.24, 2.45) is 0 Å². The zero-order valence-corrected chi connectivity index (χ0v) is 15.9. The average molecular weight is 357 g/mol. The molecule has 0 saturated heterocycles. The first kappa shape index (κ1) is 17.4. The molecular formula is C23H23N3O. The van der Waals surface area contributed by atoms with E-state index >= 15 is 0 Å². The molecule has 0 amide bonds. The molecule has 27 heavy (non-hydrogen) atoms. The van der Waals surface area contributed by atoms with Crippen LogP contribution in [0.2, 0.25) is 0 Å². The second-order valence-electron chi connectivity index (χ2n) is 7.49. The van der Waals surface area contributed by atoms with E-state index in [9.17, 15) is 4.79 Å². The number of nitrogens with zero attached hydrogens (tertiary/aromatic N) is 2. The molecular weight excluding hydrogens is 334 g/mol. The van der Waals surface area contributed by atoms with Gasteiger partial charge in [0.2, 0.25) is 5.95 Å². The summed E-state index contributed by atoms with van der Waals surface area (Å²) in [7, 11) is 0. The van der Waals surface area contributed by atoms with Gasteiger partial charge in [0.1, 0.15) is 0 Å². The summed E-state index contributed by atoms with van der Waals surface area (Å²) < 4.78 is 0. The molecule has 4 rings (SSSR count). The van der Waals surface area contributed by atoms with Gasteiger partial charge in [-0.05, 0) is 61.9 Å². The first-order valence-corrected chi connectivity index (χ1v) is 9.29. The minimum atomic E-state index is 0.125. The number of fused-ring (bicyclic) bond motifs is 1. The van der Waals surface area contributed by atoms with Crippen LogP contribution in [0.1, 0.15) is 50.6 Å². The van der Waals surface area contributed by atoms with Gasteiger partial charge in [0, 0.05) is 18.3 Å². The first-order valence-electron chi connectivity index (χ1n) is 9.29. The van der Waals surface area contributed by atoms with Gasteiger partial charge < -0.3 is 5.32 Å². The normalized spacial score (nSPS) is 16.1. The van der Waals surface area contributed by atoms with Crippen LogP contribution in [-0.2, 0) is 6.42 Å². The molecule has 3 aromatic rings. The molecule has 1 N–H and O–H groups in total. The van der Waals surface area contributed by atoms with E-state index in [0.717, 1.165) is 17.8 Å². The van der Waals surface area contributed by atoms with E-state index < -0.39 is 0 Å². The molecule has 0 fully saturated rings. The molecule has 136 valence electrons. The van der Waals surface area contributed by atoms with Crippen LogP contribution in [0.15, 0.2) is 48.7 Å². The van der Waals surface area contributed by atoms with Crippen LogP contribution in [0.5, 0.6) is 0 Å². The van der Waals surface area contributed by atoms with Crippen molar-refractivity contribution >= 4 is 17.4 Å². The summed E-state index contributed by atoms with van der Waals surface area (Å²) in [5, 5.41) is 3.28. The van der Waals surface area contributed by atoms with Gasteiger partial charge in [-0.2, -0.15) is 0 Å². The SMILES string of the molecule is Cc1ccc([C@@H]2CC(=O)c3cnc(Nc4cc(C)cc(C)c4)nc3C2)cc1. The standard InChI is InChI=1S/C23H23N3O/c1-14-4-6-17(7-5-14)18-11-21-20(22(27)12-18)13-24-23(26-21)25-19-9-15(2)8-16(3)10-19/h4-10,13,18H,11-12H2,1-3H3,(H,24,25,26)/t18-/m0/s1. The van der Waals surface area contributed by atoms with Gasteiger partial charge in [-0.3, -0.25) is 4.79 Å². The van der Waals surface area contributed by atoms with Crippen LogP contribution in [-0.4, -0.2) is 15.8 Å². The Hall–Kier alpha value is -3.01. The Balaban J connectivity index is 1.61. The Morgan fingerprint density at radius 2 is 1.63 bits per heavy atom. The molecule has 1 aliphatic rings. The largest absolute Gasteiger partial charge is 0.324 e. The van der Waals surface area contributed by atoms with Gasteiger partial charge in [-0.1, -0.05) is 35.9 Å². The van der Waals surface area contributed by atoms with Gasteiger partial charge >= 0.3 is 0 Å². The maximum Gasteiger partial charge on any atom is 0.227 e. The summed E-state index contributed by atoms with van der Waals surface area (Å²) >= 11 is 0. The summed E-state index contributed by atoms with van der Waals surface area (Å²) in [4.78, 5) is 21.6. The second-order valence-corrected chi connectivity index (χ2v) is 7.49. The van der Waals surface area contributed by atoms with Gasteiger partial charge in [0.15, 0.2) is 5.78 Å². The number of anilines is 2. The van der Waals surface area contributed by atoms with E-state index in [1.54, 1.807) is 6.20 Å². The van der Waals surface area contributed by atoms with Crippen LogP contribution in [0, 0.1) is 20.8 Å². The van der Waals surface area contributed by atoms with Crippen molar-refractivity contribution in [3.63, 3.8) is 0 Å². The van der Waals surface area contributed by atoms with Gasteiger partial charge in [0.05, 0.1) is 11.3 Å². The van der Waals surface area contributed by atoms with Crippen molar-refractivity contribution in [3.05, 3.63) is 82.2 Å². The number of carbonyl (C=O) groups is 1. The molecule has 4 heteroatoms. The highest BCUT2D eigenvalue weighted by Gasteiger charge is 2.28. The number of hydrogen-bond acceptors (Lipinski definition) is 4. The van der Waals surface area contributed by atoms with E-state index in [1.807, 2.05) is 0 Å². The lowest BCUT2D eigenvalue weighted by atomic mass is 9.82. The highest BCUT2D eigenvalue weighted by atomic mass is 16.1. The zero-order chi connectivity index (χ0) is 19.0. The summed E-state index contributed by atoms with van der Waals surface area (Å²) in [6.45, 7) is 6.21. The Kier molecular flexibility index (Phi) is 4.48. The molecule has 1 aromatic heterocycles. The number of nitrogens with one attached hydrogen (secondary N) is 1. The smallest absolute Gasteiger partial charge is 0.227 e. The third kappa shape index (κ3) is 3.75. The summed E-state index contributed by atoms with van der Waals surface area (Å²) in [6, 6.07) is 14.7. The van der Waals surface area contributed by atoms with Gasteiger partial charge in [0.25, 0.3) is 0 Å². The first-order chi connectivity index (χ1) is 13.0. The second kappa shape index (κ2) is 6.95. The van der Waals surface area contributed by atoms with E-state index in [1.165, 1.54) is 22.3 Å². The van der Waals surface area contributed by atoms with Crippen molar-refractivity contribution in [1.29, 1.82) is 0 Å². The fourth-order valence-electron chi connectivity index (χ4n) is 3.76. The molecule has 1 aliphatic carbocycles. The molecule has 0 aliphatic heterocycles. The number of carbonyl (C=O) groups excluding carboxylic acids is 1. The fourth-order valence-corrected chi connectivity index (χ4v) is 3.76. The fraction of sp³-hybridized carbons (Fsp3) is 0.261. The summed E-state index contributed by atoms with van der Waals surface area (Å²) in [6.07, 6.45) is 2.94. The minimum Gasteiger partial charge on any atom is -0.324 e. The topological polar surface area (TPSA) is 54.9 Å². The molecule has 0 unspecified atom stereocenters. The van der Waals surface area contributed by atoms with E-state index in [2.05, 4.69) is 78.5 Å². The number of aryl methyl sites for hydroxylation is 3. The Bertz CT molecular complexity index is 988. The lowest BCUT2D eigenvalue weighted by molar-refractivity contribution is 0.0962. The number of ketones is 1. The zero-order valence-electron chi connectivity index (χ0n) is 15.9. The van der Waals surface area contributed by atoms with Gasteiger partial charge in [-0.25, -0.2) is 9.97 Å². The molecule has 1 atom stereocenters. The van der Waals surface area contributed by atoms with E-state index in [0.29, 0.717) is 17.9 Å². The maximum absolute atomic E-state index is 12.6. The maximum atomic E-state index is 12.6. The van der Waals surface area contributed by atoms with Gasteiger partial charge in [-0.15, -0.1) is 0 Å². The van der Waals surface area contributed by atoms with Crippen LogP contribution < -0.4 is 5.32 Å². The lowest BCUT2D eigenvalue weighted by Crippen LogP contribution is -2.21. The lowest BCUT2D eigenvalue weighted by Gasteiger charge is -2.23. The monoisotopic (exact) mass is 357 g/mol. The highest BCUT2D eigenvalue weighted by molar-refractivity contribution is 5.98. The molecule has 0 spiro atoms. The number of benzene rings is 2. The third-order valence-corrected chi connectivity index (χ3v) is 5.07. The molecule has 4 nitrogen and oxygen atoms in total. The molecule has 0 bridgehead atoms. The van der Waals surface area contributed by atoms with Crippen molar-refractivity contribution < 1.29 is 4.79 Å². The van der Waals surface area contributed by atoms with Crippen LogP contribution in [0.25, 0.3) is 0 Å². The van der Waals surface area contributed by atoms with Crippen LogP contribution in [0.4, 0.5) is 11.6 Å². The Morgan fingerprint density at radius 1 is 0.926 bits per heavy atom. The van der Waals surface area contributed by atoms with E-state index in [-0.39, 0.29) is 11.7 Å². The summed E-state index contributed by atoms with van der Waals surface area (Å²) in [5.41, 5.74) is 7.24. The number of aromatic nitrogens is 2. The van der Waals surface area contributed by atoms with Crippen molar-refractivity contribution in [2.45, 2.75) is 39.5 Å². The van der Waals surface area contributed by atoms with E-state index in [4.69, 9.17) is 0 Å². The van der Waals surface area contributed by atoms with Crippen molar-refractivity contribution in [2.75, 3.05) is 5.32 Å². The number of rotatable bonds is 3. The minimum absolute atomic E-state index is 0.125. The summed E-state index contributed by atoms with van der Waals surface area (Å²) in [5.74, 6) is 0.838. The number of Topliss-reactive ketones (excluding diaryl/α,β-unsaturated/α-hetero) is 1. The third-order valence-electron chi connectivity index (χ3n) is 5.07. The van der Waals surface area contributed by atoms with Crippen molar-refractivity contribution in [1.82, 2.24) is 9.97 Å². The predicted molar refractivity (Wildman–Crippen MR) is 108 cm³/mol. The number of hydrogen-bond donors (Lipinski definition) is 1. The molecule has 0 radical (unpaired) electrons.